The van der Waals surface area contributed by atoms with Crippen molar-refractivity contribution < 1.29 is 0 Å². The number of para-hydroxylation sites is 6. The van der Waals surface area contributed by atoms with Crippen LogP contribution in [0, 0.1) is 41.5 Å². The first-order chi connectivity index (χ1) is 45.2. The van der Waals surface area contributed by atoms with E-state index in [2.05, 4.69) is 331 Å². The summed E-state index contributed by atoms with van der Waals surface area (Å²) in [6, 6.07) is 93.2. The van der Waals surface area contributed by atoms with E-state index in [1.54, 1.807) is 0 Å². The number of fused-ring (bicyclic) bond motifs is 14. The highest BCUT2D eigenvalue weighted by atomic mass is 79.9. The lowest BCUT2D eigenvalue weighted by Gasteiger charge is -2.25. The van der Waals surface area contributed by atoms with E-state index in [1.165, 1.54) is 161 Å². The highest BCUT2D eigenvalue weighted by Gasteiger charge is 2.30. The van der Waals surface area contributed by atoms with Crippen LogP contribution in [0.4, 0.5) is 0 Å². The van der Waals surface area contributed by atoms with Crippen LogP contribution in [0.15, 0.2) is 259 Å². The van der Waals surface area contributed by atoms with Gasteiger partial charge in [0.1, 0.15) is 0 Å². The first-order valence-corrected chi connectivity index (χ1v) is 32.6. The number of rotatable bonds is 10. The Balaban J connectivity index is 0.000000159. The van der Waals surface area contributed by atoms with Gasteiger partial charge in [0.2, 0.25) is 6.71 Å². The van der Waals surface area contributed by atoms with E-state index in [0.29, 0.717) is 0 Å². The minimum atomic E-state index is -0.574. The van der Waals surface area contributed by atoms with Gasteiger partial charge in [-0.25, -0.2) is 0 Å². The fourth-order valence-electron chi connectivity index (χ4n) is 15.0. The number of aromatic nitrogens is 4. The summed E-state index contributed by atoms with van der Waals surface area (Å²) in [6.45, 7) is 13.7. The van der Waals surface area contributed by atoms with E-state index >= 15 is 0 Å². The van der Waals surface area contributed by atoms with Crippen molar-refractivity contribution in [3.63, 3.8) is 0 Å². The molecule has 94 heavy (non-hydrogen) atoms. The molecule has 0 aliphatic rings. The lowest BCUT2D eigenvalue weighted by atomic mass is 8.64. The minimum absolute atomic E-state index is 0. The minimum Gasteiger partial charge on any atom is -0.309 e. The number of halogens is 1. The van der Waals surface area contributed by atoms with Crippen LogP contribution in [0.5, 0.6) is 0 Å². The molecule has 0 saturated heterocycles. The summed E-state index contributed by atoms with van der Waals surface area (Å²) in [5, 5.41) is 10.2. The predicted molar refractivity (Wildman–Crippen MR) is 421 cm³/mol. The second-order valence-electron chi connectivity index (χ2n) is 24.9. The van der Waals surface area contributed by atoms with Crippen LogP contribution in [0.3, 0.4) is 0 Å². The molecule has 0 amide bonds. The Morgan fingerprint density at radius 1 is 0.330 bits per heavy atom. The molecule has 14 radical (unpaired) electrons. The first-order valence-electron chi connectivity index (χ1n) is 31.8. The Bertz CT molecular complexity index is 5410. The number of hydrogen-bond donors (Lipinski definition) is 0. The molecule has 0 fully saturated rings. The fraction of sp³-hybridized carbons (Fsp3) is 0.0769. The molecule has 0 N–H and O–H groups in total. The number of hydrogen-bond acceptors (Lipinski definition) is 0. The monoisotopic (exact) mass is 1250 g/mol. The van der Waals surface area contributed by atoms with Gasteiger partial charge in [0.15, 0.2) is 0 Å². The number of nitrogens with zero attached hydrogens (tertiary/aromatic N) is 4. The maximum atomic E-state index is 5.25. The zero-order chi connectivity index (χ0) is 64.3. The topological polar surface area (TPSA) is 19.7 Å². The van der Waals surface area contributed by atoms with Crippen LogP contribution in [0.1, 0.15) is 33.4 Å². The first kappa shape index (κ1) is 63.8. The Hall–Kier alpha value is -8.97. The largest absolute Gasteiger partial charge is 0.309 e. The second kappa shape index (κ2) is 26.4. The van der Waals surface area contributed by atoms with Gasteiger partial charge in [-0.05, 0) is 133 Å². The SMILES string of the molecule is Brc1cccc(-n2c3ccccc3c3ccc4c(c5ccccc5n4-c4ccccc4)c32)c1.Cc1cc(C)c(B(c2cccc(-n3c4ccccc4c4ccc5c(c6ccccc6n5-c5ccccc5)c43)c2)c2c(C)cc(C)cc2C)c(C)c1.[B].[B][B]B(B([B])[B])B([B])[B]. The van der Waals surface area contributed by atoms with E-state index in [0.717, 1.165) is 10.2 Å². The Labute approximate surface area is 570 Å². The van der Waals surface area contributed by atoms with E-state index in [9.17, 15) is 0 Å². The zero-order valence-electron chi connectivity index (χ0n) is 53.8. The fourth-order valence-corrected chi connectivity index (χ4v) is 15.4. The third kappa shape index (κ3) is 11.2. The molecule has 12 aromatic carbocycles. The van der Waals surface area contributed by atoms with Crippen molar-refractivity contribution in [3.8, 4) is 22.7 Å². The van der Waals surface area contributed by atoms with Crippen LogP contribution >= 0.6 is 15.9 Å². The van der Waals surface area contributed by atoms with Gasteiger partial charge < -0.3 is 18.3 Å². The third-order valence-corrected chi connectivity index (χ3v) is 19.2. The van der Waals surface area contributed by atoms with E-state index < -0.39 is 12.8 Å². The summed E-state index contributed by atoms with van der Waals surface area (Å²) in [6.07, 6.45) is -1.46. The molecule has 16 aromatic rings. The Kier molecular flexibility index (Phi) is 17.9. The van der Waals surface area contributed by atoms with Crippen LogP contribution < -0.4 is 16.4 Å². The van der Waals surface area contributed by atoms with Crippen molar-refractivity contribution in [2.24, 2.45) is 0 Å². The standard InChI is InChI=1S/C48H41BN2.C30H19BrN2.B9.B/c1-30-25-32(3)46(33(4)26-30)49(47-34(5)27-31(2)28-35(47)6)36-15-14-18-38(29-36)51-42-21-12-10-19-39(42)40-23-24-44-45(48(40)51)41-20-11-13-22-43(41)50(44)37-16-8-7-9-17-37;31-20-9-8-12-22(19-20)33-26-15-6-4-13-23(26)24-17-18-28-29(30(24)33)25-14-5-7-16-27(25)32(28)21-10-2-1-3-11-21;1-6-9(7(2)3)8(4)5;/h7-29H,1-6H3;1-19H;;. The van der Waals surface area contributed by atoms with Crippen molar-refractivity contribution in [2.75, 3.05) is 0 Å². The second-order valence-corrected chi connectivity index (χ2v) is 25.8. The summed E-state index contributed by atoms with van der Waals surface area (Å²) in [7, 11) is 27.5. The quantitative estimate of drug-likeness (QED) is 0.122. The molecule has 4 aromatic heterocycles. The van der Waals surface area contributed by atoms with Crippen molar-refractivity contribution >= 4 is 200 Å². The molecule has 16 rings (SSSR count). The van der Waals surface area contributed by atoms with Gasteiger partial charge in [0.25, 0.3) is 0 Å². The van der Waals surface area contributed by atoms with E-state index in [4.69, 9.17) is 38.7 Å². The molecule has 0 aliphatic heterocycles. The molecule has 4 heterocycles. The van der Waals surface area contributed by atoms with Gasteiger partial charge in [-0.1, -0.05) is 229 Å². The molecule has 16 heteroatoms. The molecule has 4 nitrogen and oxygen atoms in total. The highest BCUT2D eigenvalue weighted by Crippen LogP contribution is 2.44. The summed E-state index contributed by atoms with van der Waals surface area (Å²) in [5.74, 6) is 0. The molecule has 0 aliphatic carbocycles. The van der Waals surface area contributed by atoms with Gasteiger partial charge in [0, 0.05) is 144 Å². The van der Waals surface area contributed by atoms with Gasteiger partial charge in [-0.15, -0.1) is 0 Å². The normalized spacial score (nSPS) is 11.3. The smallest absolute Gasteiger partial charge is 0.242 e. The highest BCUT2D eigenvalue weighted by molar-refractivity contribution is 9.10. The van der Waals surface area contributed by atoms with Crippen molar-refractivity contribution in [1.29, 1.82) is 0 Å². The van der Waals surface area contributed by atoms with Crippen LogP contribution in [0.2, 0.25) is 0 Å². The molecule has 0 saturated carbocycles. The van der Waals surface area contributed by atoms with Gasteiger partial charge in [-0.3, -0.25) is 0 Å². The number of benzene rings is 12. The van der Waals surface area contributed by atoms with Gasteiger partial charge >= 0.3 is 0 Å². The van der Waals surface area contributed by atoms with Gasteiger partial charge in [0.05, 0.1) is 44.1 Å². The van der Waals surface area contributed by atoms with Crippen molar-refractivity contribution in [1.82, 2.24) is 18.3 Å². The Morgan fingerprint density at radius 2 is 0.681 bits per heavy atom. The average Bonchev–Trinajstić information content (AvgIpc) is 1.55. The lowest BCUT2D eigenvalue weighted by Crippen LogP contribution is -2.55. The molecule has 0 unspecified atom stereocenters. The summed E-state index contributed by atoms with van der Waals surface area (Å²) in [5.41, 5.74) is 26.6. The average molecular weight is 1250 g/mol. The van der Waals surface area contributed by atoms with Crippen LogP contribution in [-0.4, -0.2) is 98.3 Å². The van der Waals surface area contributed by atoms with E-state index in [-0.39, 0.29) is 21.5 Å². The maximum Gasteiger partial charge on any atom is 0.242 e. The molecular weight excluding hydrogens is 1190 g/mol. The molecule has 0 spiro atoms. The summed E-state index contributed by atoms with van der Waals surface area (Å²) >= 11 is 3.68. The summed E-state index contributed by atoms with van der Waals surface area (Å²) in [4.78, 5) is 0. The zero-order valence-corrected chi connectivity index (χ0v) is 55.4. The lowest BCUT2D eigenvalue weighted by molar-refractivity contribution is 1.17. The summed E-state index contributed by atoms with van der Waals surface area (Å²) < 4.78 is 10.8. The van der Waals surface area contributed by atoms with Crippen molar-refractivity contribution in [3.05, 3.63) is 293 Å². The third-order valence-electron chi connectivity index (χ3n) is 18.7. The van der Waals surface area contributed by atoms with Crippen LogP contribution in [0.25, 0.3) is 110 Å². The van der Waals surface area contributed by atoms with E-state index in [1.807, 2.05) is 0 Å². The predicted octanol–water partition coefficient (Wildman–Crippen LogP) is 15.1. The Morgan fingerprint density at radius 3 is 1.06 bits per heavy atom. The molecule has 0 bridgehead atoms. The maximum absolute atomic E-state index is 5.25. The van der Waals surface area contributed by atoms with Gasteiger partial charge in [-0.2, -0.15) is 0 Å². The molecule has 0 atom stereocenters. The number of aryl methyl sites for hydroxylation is 6. The molecular formula is C78H60B11BrN4. The molecule has 432 valence electrons. The van der Waals surface area contributed by atoms with Crippen molar-refractivity contribution in [2.45, 2.75) is 41.5 Å². The van der Waals surface area contributed by atoms with Crippen LogP contribution in [-0.2, 0) is 0 Å².